The molecule has 1 saturated carbocycles. The molecule has 138 valence electrons. The lowest BCUT2D eigenvalue weighted by Gasteiger charge is -2.33. The SMILES string of the molecule is CN(C)C(=O)COc1ccccc1CNCC1CN(C2CC2)CCO1. The fourth-order valence-corrected chi connectivity index (χ4v) is 3.06. The minimum absolute atomic E-state index is 0.0430. The van der Waals surface area contributed by atoms with Crippen molar-refractivity contribution in [1.82, 2.24) is 15.1 Å². The minimum atomic E-state index is -0.0430. The molecule has 2 aliphatic rings. The number of benzene rings is 1. The average molecular weight is 347 g/mol. The first kappa shape index (κ1) is 18.2. The summed E-state index contributed by atoms with van der Waals surface area (Å²) < 4.78 is 11.6. The van der Waals surface area contributed by atoms with Gasteiger partial charge in [0.05, 0.1) is 12.7 Å². The van der Waals surface area contributed by atoms with Gasteiger partial charge in [0, 0.05) is 51.9 Å². The number of carbonyl (C=O) groups excluding carboxylic acids is 1. The Morgan fingerprint density at radius 3 is 2.92 bits per heavy atom. The summed E-state index contributed by atoms with van der Waals surface area (Å²) in [5.41, 5.74) is 1.06. The summed E-state index contributed by atoms with van der Waals surface area (Å²) in [5, 5.41) is 3.48. The van der Waals surface area contributed by atoms with E-state index in [2.05, 4.69) is 10.2 Å². The largest absolute Gasteiger partial charge is 0.483 e. The number of ether oxygens (including phenoxy) is 2. The quantitative estimate of drug-likeness (QED) is 0.763. The van der Waals surface area contributed by atoms with Crippen molar-refractivity contribution in [3.63, 3.8) is 0 Å². The third-order valence-electron chi connectivity index (χ3n) is 4.74. The van der Waals surface area contributed by atoms with Crippen LogP contribution in [0.1, 0.15) is 18.4 Å². The van der Waals surface area contributed by atoms with Crippen molar-refractivity contribution >= 4 is 5.91 Å². The van der Waals surface area contributed by atoms with E-state index in [4.69, 9.17) is 9.47 Å². The summed E-state index contributed by atoms with van der Waals surface area (Å²) in [6.45, 7) is 4.51. The summed E-state index contributed by atoms with van der Waals surface area (Å²) in [4.78, 5) is 15.8. The van der Waals surface area contributed by atoms with E-state index in [1.807, 2.05) is 24.3 Å². The number of hydrogen-bond donors (Lipinski definition) is 1. The number of nitrogens with zero attached hydrogens (tertiary/aromatic N) is 2. The molecule has 0 bridgehead atoms. The van der Waals surface area contributed by atoms with Crippen molar-refractivity contribution in [2.75, 3.05) is 46.9 Å². The van der Waals surface area contributed by atoms with Crippen LogP contribution in [0.2, 0.25) is 0 Å². The van der Waals surface area contributed by atoms with Gasteiger partial charge in [-0.3, -0.25) is 9.69 Å². The van der Waals surface area contributed by atoms with Crippen LogP contribution in [0.5, 0.6) is 5.75 Å². The molecule has 1 atom stereocenters. The normalized spacial score (nSPS) is 21.1. The van der Waals surface area contributed by atoms with E-state index in [9.17, 15) is 4.79 Å². The van der Waals surface area contributed by atoms with E-state index < -0.39 is 0 Å². The molecule has 6 heteroatoms. The highest BCUT2D eigenvalue weighted by molar-refractivity contribution is 5.77. The standard InChI is InChI=1S/C19H29N3O3/c1-21(2)19(23)14-25-18-6-4-3-5-15(18)11-20-12-17-13-22(9-10-24-17)16-7-8-16/h3-6,16-17,20H,7-14H2,1-2H3. The van der Waals surface area contributed by atoms with Crippen molar-refractivity contribution in [3.05, 3.63) is 29.8 Å². The van der Waals surface area contributed by atoms with Gasteiger partial charge in [-0.15, -0.1) is 0 Å². The lowest BCUT2D eigenvalue weighted by Crippen LogP contribution is -2.47. The Morgan fingerprint density at radius 1 is 1.36 bits per heavy atom. The zero-order valence-electron chi connectivity index (χ0n) is 15.2. The van der Waals surface area contributed by atoms with Gasteiger partial charge in [0.1, 0.15) is 5.75 Å². The van der Waals surface area contributed by atoms with E-state index in [0.717, 1.165) is 43.6 Å². The first-order valence-corrected chi connectivity index (χ1v) is 9.10. The molecule has 2 fully saturated rings. The van der Waals surface area contributed by atoms with E-state index in [1.165, 1.54) is 17.7 Å². The molecule has 0 radical (unpaired) electrons. The second-order valence-electron chi connectivity index (χ2n) is 7.03. The Hall–Kier alpha value is -1.63. The molecule has 1 heterocycles. The Bertz CT molecular complexity index is 575. The summed E-state index contributed by atoms with van der Waals surface area (Å²) in [6.07, 6.45) is 2.94. The molecule has 0 aromatic heterocycles. The molecule has 1 saturated heterocycles. The van der Waals surface area contributed by atoms with Crippen LogP contribution in [-0.4, -0.2) is 74.8 Å². The third-order valence-corrected chi connectivity index (χ3v) is 4.74. The molecule has 1 amide bonds. The smallest absolute Gasteiger partial charge is 0.259 e. The highest BCUT2D eigenvalue weighted by atomic mass is 16.5. The average Bonchev–Trinajstić information content (AvgIpc) is 3.46. The maximum absolute atomic E-state index is 11.7. The van der Waals surface area contributed by atoms with Crippen LogP contribution in [0.4, 0.5) is 0 Å². The van der Waals surface area contributed by atoms with Crippen LogP contribution >= 0.6 is 0 Å². The molecule has 1 aliphatic carbocycles. The summed E-state index contributed by atoms with van der Waals surface area (Å²) in [5.74, 6) is 0.716. The minimum Gasteiger partial charge on any atom is -0.483 e. The van der Waals surface area contributed by atoms with Crippen LogP contribution < -0.4 is 10.1 Å². The fourth-order valence-electron chi connectivity index (χ4n) is 3.06. The van der Waals surface area contributed by atoms with Gasteiger partial charge in [0.2, 0.25) is 0 Å². The van der Waals surface area contributed by atoms with E-state index >= 15 is 0 Å². The van der Waals surface area contributed by atoms with Crippen LogP contribution in [0.3, 0.4) is 0 Å². The van der Waals surface area contributed by atoms with Gasteiger partial charge in [-0.05, 0) is 18.9 Å². The van der Waals surface area contributed by atoms with Gasteiger partial charge >= 0.3 is 0 Å². The van der Waals surface area contributed by atoms with Gasteiger partial charge in [-0.1, -0.05) is 18.2 Å². The maximum Gasteiger partial charge on any atom is 0.259 e. The predicted molar refractivity (Wildman–Crippen MR) is 96.7 cm³/mol. The van der Waals surface area contributed by atoms with Crippen LogP contribution in [0, 0.1) is 0 Å². The predicted octanol–water partition coefficient (Wildman–Crippen LogP) is 1.11. The van der Waals surface area contributed by atoms with E-state index in [1.54, 1.807) is 14.1 Å². The Morgan fingerprint density at radius 2 is 2.16 bits per heavy atom. The van der Waals surface area contributed by atoms with Gasteiger partial charge in [0.15, 0.2) is 6.61 Å². The number of carbonyl (C=O) groups is 1. The van der Waals surface area contributed by atoms with Crippen molar-refractivity contribution in [2.24, 2.45) is 0 Å². The van der Waals surface area contributed by atoms with Gasteiger partial charge in [-0.25, -0.2) is 0 Å². The highest BCUT2D eigenvalue weighted by Gasteiger charge is 2.32. The molecule has 3 rings (SSSR count). The molecule has 0 spiro atoms. The molecule has 1 aliphatic heterocycles. The fraction of sp³-hybridized carbons (Fsp3) is 0.632. The summed E-state index contributed by atoms with van der Waals surface area (Å²) in [7, 11) is 3.46. The van der Waals surface area contributed by atoms with Crippen LogP contribution in [0.15, 0.2) is 24.3 Å². The van der Waals surface area contributed by atoms with Crippen molar-refractivity contribution in [1.29, 1.82) is 0 Å². The molecule has 1 unspecified atom stereocenters. The van der Waals surface area contributed by atoms with Gasteiger partial charge in [-0.2, -0.15) is 0 Å². The number of morpholine rings is 1. The van der Waals surface area contributed by atoms with Crippen molar-refractivity contribution < 1.29 is 14.3 Å². The van der Waals surface area contributed by atoms with Crippen molar-refractivity contribution in [3.8, 4) is 5.75 Å². The zero-order valence-corrected chi connectivity index (χ0v) is 15.2. The monoisotopic (exact) mass is 347 g/mol. The molecule has 25 heavy (non-hydrogen) atoms. The zero-order chi connectivity index (χ0) is 17.6. The topological polar surface area (TPSA) is 54.0 Å². The second kappa shape index (κ2) is 8.65. The highest BCUT2D eigenvalue weighted by Crippen LogP contribution is 2.28. The molecular weight excluding hydrogens is 318 g/mol. The Kier molecular flexibility index (Phi) is 6.29. The number of hydrogen-bond acceptors (Lipinski definition) is 5. The lowest BCUT2D eigenvalue weighted by molar-refractivity contribution is -0.130. The Balaban J connectivity index is 1.45. The van der Waals surface area contributed by atoms with E-state index in [0.29, 0.717) is 6.54 Å². The molecule has 1 aromatic carbocycles. The molecule has 1 aromatic rings. The molecule has 6 nitrogen and oxygen atoms in total. The third kappa shape index (κ3) is 5.42. The maximum atomic E-state index is 11.7. The number of amides is 1. The first-order chi connectivity index (χ1) is 12.1. The summed E-state index contributed by atoms with van der Waals surface area (Å²) in [6, 6.07) is 8.65. The summed E-state index contributed by atoms with van der Waals surface area (Å²) >= 11 is 0. The number of nitrogens with one attached hydrogen (secondary N) is 1. The van der Waals surface area contributed by atoms with Crippen LogP contribution in [-0.2, 0) is 16.1 Å². The lowest BCUT2D eigenvalue weighted by atomic mass is 10.2. The Labute approximate surface area is 150 Å². The number of likely N-dealkylation sites (N-methyl/N-ethyl adjacent to an activating group) is 1. The van der Waals surface area contributed by atoms with Gasteiger partial charge < -0.3 is 19.7 Å². The molecular formula is C19H29N3O3. The van der Waals surface area contributed by atoms with Crippen molar-refractivity contribution in [2.45, 2.75) is 31.5 Å². The molecule has 1 N–H and O–H groups in total. The number of para-hydroxylation sites is 1. The van der Waals surface area contributed by atoms with E-state index in [-0.39, 0.29) is 18.6 Å². The first-order valence-electron chi connectivity index (χ1n) is 9.10. The number of rotatable bonds is 8. The van der Waals surface area contributed by atoms with Crippen LogP contribution in [0.25, 0.3) is 0 Å². The second-order valence-corrected chi connectivity index (χ2v) is 7.03. The van der Waals surface area contributed by atoms with Gasteiger partial charge in [0.25, 0.3) is 5.91 Å².